The molecule has 3 heterocycles. The quantitative estimate of drug-likeness (QED) is 0.384. The predicted molar refractivity (Wildman–Crippen MR) is 123 cm³/mol. The number of carbonyl (C=O) groups excluding carboxylic acids is 2. The highest BCUT2D eigenvalue weighted by Crippen LogP contribution is 2.30. The third-order valence-corrected chi connectivity index (χ3v) is 6.69. The van der Waals surface area contributed by atoms with Crippen LogP contribution in [-0.4, -0.2) is 33.2 Å². The summed E-state index contributed by atoms with van der Waals surface area (Å²) in [5.74, 6) is -0.577. The van der Waals surface area contributed by atoms with Crippen LogP contribution in [0, 0.1) is 6.92 Å². The van der Waals surface area contributed by atoms with Crippen molar-refractivity contribution < 1.29 is 14.3 Å². The Morgan fingerprint density at radius 1 is 1.26 bits per heavy atom. The van der Waals surface area contributed by atoms with Gasteiger partial charge in [0.05, 0.1) is 35.8 Å². The minimum Gasteiger partial charge on any atom is -0.466 e. The molecule has 31 heavy (non-hydrogen) atoms. The van der Waals surface area contributed by atoms with E-state index in [0.717, 1.165) is 21.5 Å². The molecule has 10 heteroatoms. The lowest BCUT2D eigenvalue weighted by Gasteiger charge is -2.03. The molecule has 0 spiro atoms. The van der Waals surface area contributed by atoms with Crippen LogP contribution in [0.4, 0.5) is 5.13 Å². The first-order chi connectivity index (χ1) is 14.9. The first kappa shape index (κ1) is 21.5. The zero-order chi connectivity index (χ0) is 22.0. The molecule has 3 aromatic heterocycles. The minimum absolute atomic E-state index is 0.0861. The zero-order valence-electron chi connectivity index (χ0n) is 16.8. The maximum absolute atomic E-state index is 12.8. The van der Waals surface area contributed by atoms with E-state index in [1.807, 2.05) is 41.9 Å². The monoisotopic (exact) mass is 474 g/mol. The van der Waals surface area contributed by atoms with Crippen molar-refractivity contribution in [3.05, 3.63) is 62.6 Å². The number of amides is 1. The number of rotatable bonds is 7. The first-order valence-corrected chi connectivity index (χ1v) is 11.6. The second-order valence-corrected chi connectivity index (χ2v) is 9.10. The van der Waals surface area contributed by atoms with Crippen molar-refractivity contribution in [1.29, 1.82) is 0 Å². The summed E-state index contributed by atoms with van der Waals surface area (Å²) in [6.07, 6.45) is 0.0861. The van der Waals surface area contributed by atoms with E-state index in [1.54, 1.807) is 12.3 Å². The zero-order valence-corrected chi connectivity index (χ0v) is 19.2. The Hall–Kier alpha value is -2.75. The molecule has 0 fully saturated rings. The molecule has 1 amide bonds. The van der Waals surface area contributed by atoms with Crippen molar-refractivity contribution in [3.8, 4) is 0 Å². The molecule has 1 N–H and O–H groups in total. The number of fused-ring (bicyclic) bond motifs is 1. The van der Waals surface area contributed by atoms with Gasteiger partial charge in [-0.25, -0.2) is 4.98 Å². The summed E-state index contributed by atoms with van der Waals surface area (Å²) in [7, 11) is 0. The summed E-state index contributed by atoms with van der Waals surface area (Å²) < 4.78 is 6.83. The van der Waals surface area contributed by atoms with Gasteiger partial charge in [-0.2, -0.15) is 5.10 Å². The summed E-state index contributed by atoms with van der Waals surface area (Å²) in [6.45, 7) is 4.60. The van der Waals surface area contributed by atoms with Gasteiger partial charge in [0.1, 0.15) is 4.83 Å². The number of hydrogen-bond donors (Lipinski definition) is 1. The number of aromatic nitrogens is 3. The van der Waals surface area contributed by atoms with Gasteiger partial charge in [-0.1, -0.05) is 23.7 Å². The number of anilines is 1. The lowest BCUT2D eigenvalue weighted by atomic mass is 10.2. The molecule has 0 saturated carbocycles. The molecular formula is C21H19ClN4O3S2. The number of carbonyl (C=O) groups is 2. The van der Waals surface area contributed by atoms with E-state index >= 15 is 0 Å². The number of hydrogen-bond acceptors (Lipinski definition) is 7. The van der Waals surface area contributed by atoms with Crippen molar-refractivity contribution in [2.24, 2.45) is 0 Å². The van der Waals surface area contributed by atoms with Gasteiger partial charge in [-0.15, -0.1) is 22.7 Å². The summed E-state index contributed by atoms with van der Waals surface area (Å²) in [6, 6.07) is 9.47. The Morgan fingerprint density at radius 3 is 2.77 bits per heavy atom. The molecule has 0 aliphatic heterocycles. The summed E-state index contributed by atoms with van der Waals surface area (Å²) in [4.78, 5) is 30.2. The third-order valence-electron chi connectivity index (χ3n) is 4.48. The van der Waals surface area contributed by atoms with Gasteiger partial charge in [0.15, 0.2) is 5.13 Å². The van der Waals surface area contributed by atoms with Crippen LogP contribution in [0.1, 0.15) is 33.5 Å². The fraction of sp³-hybridized carbons (Fsp3) is 0.238. The number of aryl methyl sites for hydroxylation is 1. The van der Waals surface area contributed by atoms with Crippen molar-refractivity contribution in [2.75, 3.05) is 11.9 Å². The lowest BCUT2D eigenvalue weighted by molar-refractivity contribution is -0.142. The Morgan fingerprint density at radius 2 is 2.03 bits per heavy atom. The van der Waals surface area contributed by atoms with Crippen LogP contribution >= 0.6 is 34.3 Å². The average Bonchev–Trinajstić information content (AvgIpc) is 3.42. The highest BCUT2D eigenvalue weighted by Gasteiger charge is 2.18. The summed E-state index contributed by atoms with van der Waals surface area (Å²) >= 11 is 8.63. The molecule has 0 aliphatic rings. The lowest BCUT2D eigenvalue weighted by Crippen LogP contribution is -2.11. The third kappa shape index (κ3) is 4.95. The maximum atomic E-state index is 12.8. The van der Waals surface area contributed by atoms with Crippen LogP contribution in [0.15, 0.2) is 35.7 Å². The Labute approximate surface area is 191 Å². The van der Waals surface area contributed by atoms with Gasteiger partial charge in [0, 0.05) is 15.8 Å². The fourth-order valence-corrected chi connectivity index (χ4v) is 4.95. The van der Waals surface area contributed by atoms with Gasteiger partial charge in [-0.3, -0.25) is 19.6 Å². The first-order valence-electron chi connectivity index (χ1n) is 9.55. The molecule has 0 aliphatic carbocycles. The number of thiazole rings is 1. The van der Waals surface area contributed by atoms with E-state index in [4.69, 9.17) is 16.3 Å². The molecule has 0 atom stereocenters. The number of ether oxygens (including phenoxy) is 1. The molecule has 0 bridgehead atoms. The van der Waals surface area contributed by atoms with Gasteiger partial charge in [0.25, 0.3) is 5.91 Å². The minimum atomic E-state index is -0.337. The molecule has 1 aromatic carbocycles. The molecular weight excluding hydrogens is 456 g/mol. The molecule has 4 rings (SSSR count). The van der Waals surface area contributed by atoms with Crippen LogP contribution < -0.4 is 5.32 Å². The molecule has 0 saturated heterocycles. The van der Waals surface area contributed by atoms with Gasteiger partial charge < -0.3 is 4.74 Å². The highest BCUT2D eigenvalue weighted by atomic mass is 35.5. The van der Waals surface area contributed by atoms with Gasteiger partial charge in [0.2, 0.25) is 0 Å². The van der Waals surface area contributed by atoms with Crippen LogP contribution in [0.3, 0.4) is 0 Å². The van der Waals surface area contributed by atoms with Crippen LogP contribution in [0.25, 0.3) is 10.2 Å². The predicted octanol–water partition coefficient (Wildman–Crippen LogP) is 4.92. The summed E-state index contributed by atoms with van der Waals surface area (Å²) in [5.41, 5.74) is 2.51. The summed E-state index contributed by atoms with van der Waals surface area (Å²) in [5, 5.41) is 11.2. The SMILES string of the molecule is CCOC(=O)Cc1csc(NC(=O)c2cc3c(C)nn(Cc4ccc(Cl)cc4)c3s2)n1. The van der Waals surface area contributed by atoms with Crippen LogP contribution in [0.5, 0.6) is 0 Å². The molecule has 0 unspecified atom stereocenters. The van der Waals surface area contributed by atoms with E-state index in [-0.39, 0.29) is 18.3 Å². The average molecular weight is 475 g/mol. The Bertz CT molecular complexity index is 1240. The van der Waals surface area contributed by atoms with E-state index in [0.29, 0.717) is 33.9 Å². The topological polar surface area (TPSA) is 86.1 Å². The number of halogens is 1. The second kappa shape index (κ2) is 9.17. The van der Waals surface area contributed by atoms with E-state index in [9.17, 15) is 9.59 Å². The van der Waals surface area contributed by atoms with E-state index in [2.05, 4.69) is 15.4 Å². The highest BCUT2D eigenvalue weighted by molar-refractivity contribution is 7.20. The van der Waals surface area contributed by atoms with Crippen molar-refractivity contribution >= 4 is 61.5 Å². The van der Waals surface area contributed by atoms with Gasteiger partial charge in [-0.05, 0) is 37.6 Å². The molecule has 4 aromatic rings. The molecule has 7 nitrogen and oxygen atoms in total. The van der Waals surface area contributed by atoms with Crippen LogP contribution in [0.2, 0.25) is 5.02 Å². The Balaban J connectivity index is 1.49. The van der Waals surface area contributed by atoms with Crippen molar-refractivity contribution in [2.45, 2.75) is 26.8 Å². The standard InChI is InChI=1S/C21H19ClN4O3S2/c1-3-29-18(27)8-15-11-30-21(23-15)24-19(28)17-9-16-12(2)25-26(20(16)31-17)10-13-4-6-14(22)7-5-13/h4-7,9,11H,3,8,10H2,1-2H3,(H,23,24,28). The number of nitrogens with zero attached hydrogens (tertiary/aromatic N) is 3. The van der Waals surface area contributed by atoms with E-state index in [1.165, 1.54) is 22.7 Å². The fourth-order valence-electron chi connectivity index (χ4n) is 3.06. The number of nitrogens with one attached hydrogen (secondary N) is 1. The number of thiophene rings is 1. The molecule has 0 radical (unpaired) electrons. The smallest absolute Gasteiger partial charge is 0.311 e. The van der Waals surface area contributed by atoms with Crippen molar-refractivity contribution in [3.63, 3.8) is 0 Å². The van der Waals surface area contributed by atoms with Gasteiger partial charge >= 0.3 is 5.97 Å². The largest absolute Gasteiger partial charge is 0.466 e. The normalized spacial score (nSPS) is 11.1. The Kier molecular flexibility index (Phi) is 6.35. The van der Waals surface area contributed by atoms with Crippen LogP contribution in [-0.2, 0) is 22.5 Å². The molecule has 160 valence electrons. The number of benzene rings is 1. The maximum Gasteiger partial charge on any atom is 0.311 e. The van der Waals surface area contributed by atoms with E-state index < -0.39 is 0 Å². The van der Waals surface area contributed by atoms with Crippen molar-refractivity contribution in [1.82, 2.24) is 14.8 Å². The second-order valence-electron chi connectivity index (χ2n) is 6.78. The number of esters is 1.